The largest absolute Gasteiger partial charge is 0.504 e. The molecule has 37 heavy (non-hydrogen) atoms. The molecule has 0 spiro atoms. The molecule has 2 heterocycles. The number of benzene rings is 2. The van der Waals surface area contributed by atoms with Gasteiger partial charge in [0.1, 0.15) is 0 Å². The molecule has 0 unspecified atom stereocenters. The van der Waals surface area contributed by atoms with E-state index in [1.807, 2.05) is 0 Å². The number of carbonyl (C=O) groups is 4. The Bertz CT molecular complexity index is 1350. The van der Waals surface area contributed by atoms with E-state index in [0.717, 1.165) is 0 Å². The van der Waals surface area contributed by atoms with Crippen LogP contribution in [-0.2, 0) is 28.6 Å². The summed E-state index contributed by atoms with van der Waals surface area (Å²) in [6, 6.07) is 9.36. The number of aromatic hydroxyl groups is 1. The van der Waals surface area contributed by atoms with E-state index in [1.54, 1.807) is 36.4 Å². The van der Waals surface area contributed by atoms with Gasteiger partial charge in [-0.25, -0.2) is 0 Å². The maximum Gasteiger partial charge on any atom is 0.303 e. The first kappa shape index (κ1) is 24.2. The number of hydrogen-bond donors (Lipinski definition) is 2. The predicted octanol–water partition coefficient (Wildman–Crippen LogP) is 1.95. The second-order valence-corrected chi connectivity index (χ2v) is 8.70. The second-order valence-electron chi connectivity index (χ2n) is 8.70. The average molecular weight is 509 g/mol. The summed E-state index contributed by atoms with van der Waals surface area (Å²) < 4.78 is 27.7. The van der Waals surface area contributed by atoms with Crippen LogP contribution in [0.1, 0.15) is 42.3 Å². The number of phenols is 1. The smallest absolute Gasteiger partial charge is 0.303 e. The Morgan fingerprint density at radius 2 is 1.57 bits per heavy atom. The zero-order chi connectivity index (χ0) is 26.4. The topological polar surface area (TPSA) is 147 Å². The molecule has 2 aromatic rings. The Labute approximate surface area is 210 Å². The van der Waals surface area contributed by atoms with Crippen molar-refractivity contribution in [1.82, 2.24) is 5.32 Å². The highest BCUT2D eigenvalue weighted by Crippen LogP contribution is 2.52. The van der Waals surface area contributed by atoms with E-state index in [9.17, 15) is 24.3 Å². The number of nitrogens with one attached hydrogen (secondary N) is 1. The molecule has 1 amide bonds. The molecule has 0 bridgehead atoms. The Hall–Kier alpha value is -4.54. The van der Waals surface area contributed by atoms with E-state index in [1.165, 1.54) is 20.8 Å². The van der Waals surface area contributed by atoms with Crippen molar-refractivity contribution < 1.29 is 48.0 Å². The van der Waals surface area contributed by atoms with Crippen molar-refractivity contribution in [3.63, 3.8) is 0 Å². The SMILES string of the molecule is CC(=O)O[C@@H]1[C@H](OC(C)=O)[C@@H](OC(C)=O)C(c2ccccc2)=C2c3cc4c(c(O)c3C(=O)N[C@H]21)OCO4. The van der Waals surface area contributed by atoms with Gasteiger partial charge in [-0.2, -0.15) is 0 Å². The zero-order valence-corrected chi connectivity index (χ0v) is 20.1. The van der Waals surface area contributed by atoms with Gasteiger partial charge in [0.25, 0.3) is 5.91 Å². The lowest BCUT2D eigenvalue weighted by atomic mass is 9.73. The van der Waals surface area contributed by atoms with Crippen molar-refractivity contribution in [3.05, 3.63) is 53.1 Å². The average Bonchev–Trinajstić information content (AvgIpc) is 3.30. The molecule has 3 aliphatic rings. The van der Waals surface area contributed by atoms with Gasteiger partial charge in [-0.3, -0.25) is 19.2 Å². The first-order chi connectivity index (χ1) is 17.7. The van der Waals surface area contributed by atoms with Crippen molar-refractivity contribution in [2.45, 2.75) is 45.1 Å². The zero-order valence-electron chi connectivity index (χ0n) is 20.1. The van der Waals surface area contributed by atoms with Crippen LogP contribution in [0.4, 0.5) is 0 Å². The summed E-state index contributed by atoms with van der Waals surface area (Å²) >= 11 is 0. The summed E-state index contributed by atoms with van der Waals surface area (Å²) in [7, 11) is 0. The minimum absolute atomic E-state index is 0.0240. The van der Waals surface area contributed by atoms with Crippen LogP contribution >= 0.6 is 0 Å². The second kappa shape index (κ2) is 9.16. The molecule has 192 valence electrons. The highest BCUT2D eigenvalue weighted by atomic mass is 16.7. The standard InChI is InChI=1S/C26H23NO10/c1-11(28)35-23-17(14-7-5-4-6-8-14)18-15-9-16-22(34-10-33-16)21(31)19(15)26(32)27-20(18)24(36-12(2)29)25(23)37-13(3)30/h4-9,20,23-25,31H,10H2,1-3H3,(H,27,32)/t20-,23+,24+,25-/m1/s1. The third-order valence-corrected chi connectivity index (χ3v) is 6.26. The molecule has 0 saturated heterocycles. The van der Waals surface area contributed by atoms with Gasteiger partial charge < -0.3 is 34.1 Å². The number of fused-ring (bicyclic) bond motifs is 4. The number of esters is 3. The van der Waals surface area contributed by atoms with Crippen molar-refractivity contribution >= 4 is 35.0 Å². The normalized spacial score (nSPS) is 23.4. The van der Waals surface area contributed by atoms with Gasteiger partial charge in [-0.15, -0.1) is 0 Å². The van der Waals surface area contributed by atoms with Gasteiger partial charge in [-0.05, 0) is 17.2 Å². The molecule has 0 aromatic heterocycles. The summed E-state index contributed by atoms with van der Waals surface area (Å²) in [6.07, 6.45) is -3.79. The number of rotatable bonds is 4. The molecule has 11 nitrogen and oxygen atoms in total. The highest BCUT2D eigenvalue weighted by Gasteiger charge is 2.54. The minimum atomic E-state index is -1.29. The Balaban J connectivity index is 1.87. The summed E-state index contributed by atoms with van der Waals surface area (Å²) in [6.45, 7) is 3.39. The van der Waals surface area contributed by atoms with Crippen LogP contribution in [0, 0.1) is 0 Å². The van der Waals surface area contributed by atoms with E-state index in [-0.39, 0.29) is 29.4 Å². The van der Waals surface area contributed by atoms with Gasteiger partial charge in [-0.1, -0.05) is 30.3 Å². The fourth-order valence-corrected chi connectivity index (χ4v) is 5.05. The minimum Gasteiger partial charge on any atom is -0.504 e. The molecule has 2 N–H and O–H groups in total. The van der Waals surface area contributed by atoms with Crippen LogP contribution in [0.5, 0.6) is 17.2 Å². The highest BCUT2D eigenvalue weighted by molar-refractivity contribution is 6.12. The molecule has 2 aliphatic heterocycles. The van der Waals surface area contributed by atoms with E-state index in [2.05, 4.69) is 5.32 Å². The Morgan fingerprint density at radius 1 is 0.919 bits per heavy atom. The van der Waals surface area contributed by atoms with Crippen molar-refractivity contribution in [2.75, 3.05) is 6.79 Å². The fourth-order valence-electron chi connectivity index (χ4n) is 5.05. The van der Waals surface area contributed by atoms with Crippen LogP contribution in [-0.4, -0.2) is 60.1 Å². The predicted molar refractivity (Wildman–Crippen MR) is 125 cm³/mol. The number of amides is 1. The van der Waals surface area contributed by atoms with E-state index in [0.29, 0.717) is 16.7 Å². The molecular weight excluding hydrogens is 486 g/mol. The molecule has 0 radical (unpaired) electrons. The summed E-state index contributed by atoms with van der Waals surface area (Å²) in [5.41, 5.74) is 1.57. The van der Waals surface area contributed by atoms with E-state index in [4.69, 9.17) is 23.7 Å². The van der Waals surface area contributed by atoms with E-state index < -0.39 is 53.9 Å². The lowest BCUT2D eigenvalue weighted by Crippen LogP contribution is -2.61. The van der Waals surface area contributed by atoms with Gasteiger partial charge in [0, 0.05) is 31.9 Å². The molecular formula is C26H23NO10. The lowest BCUT2D eigenvalue weighted by molar-refractivity contribution is -0.180. The first-order valence-electron chi connectivity index (χ1n) is 11.4. The van der Waals surface area contributed by atoms with E-state index >= 15 is 0 Å². The van der Waals surface area contributed by atoms with Crippen molar-refractivity contribution in [2.24, 2.45) is 0 Å². The molecule has 2 aromatic carbocycles. The maximum atomic E-state index is 13.3. The molecule has 5 rings (SSSR count). The van der Waals surface area contributed by atoms with Gasteiger partial charge in [0.05, 0.1) is 11.6 Å². The van der Waals surface area contributed by atoms with Crippen molar-refractivity contribution in [3.8, 4) is 17.2 Å². The van der Waals surface area contributed by atoms with Crippen LogP contribution in [0.3, 0.4) is 0 Å². The Morgan fingerprint density at radius 3 is 2.22 bits per heavy atom. The third-order valence-electron chi connectivity index (χ3n) is 6.26. The Kier molecular flexibility index (Phi) is 5.98. The molecule has 1 aliphatic carbocycles. The number of ether oxygens (including phenoxy) is 5. The van der Waals surface area contributed by atoms with Gasteiger partial charge in [0.2, 0.25) is 12.5 Å². The monoisotopic (exact) mass is 509 g/mol. The maximum absolute atomic E-state index is 13.3. The van der Waals surface area contributed by atoms with Crippen molar-refractivity contribution in [1.29, 1.82) is 0 Å². The molecule has 4 atom stereocenters. The van der Waals surface area contributed by atoms with Crippen LogP contribution in [0.2, 0.25) is 0 Å². The van der Waals surface area contributed by atoms with Crippen LogP contribution < -0.4 is 14.8 Å². The first-order valence-corrected chi connectivity index (χ1v) is 11.4. The lowest BCUT2D eigenvalue weighted by Gasteiger charge is -2.45. The summed E-state index contributed by atoms with van der Waals surface area (Å²) in [4.78, 5) is 49.9. The number of carbonyl (C=O) groups excluding carboxylic acids is 4. The quantitative estimate of drug-likeness (QED) is 0.463. The molecule has 0 fully saturated rings. The fraction of sp³-hybridized carbons (Fsp3) is 0.308. The van der Waals surface area contributed by atoms with Crippen LogP contribution in [0.25, 0.3) is 11.1 Å². The molecule has 11 heteroatoms. The summed E-state index contributed by atoms with van der Waals surface area (Å²) in [5, 5.41) is 13.7. The number of hydrogen-bond acceptors (Lipinski definition) is 10. The molecule has 0 saturated carbocycles. The van der Waals surface area contributed by atoms with Crippen LogP contribution in [0.15, 0.2) is 36.4 Å². The van der Waals surface area contributed by atoms with Gasteiger partial charge in [0.15, 0.2) is 29.8 Å². The third kappa shape index (κ3) is 4.11. The number of phenolic OH excluding ortho intramolecular Hbond substituents is 1. The van der Waals surface area contributed by atoms with Gasteiger partial charge >= 0.3 is 17.9 Å². The summed E-state index contributed by atoms with van der Waals surface area (Å²) in [5.74, 6) is -2.95.